The predicted molar refractivity (Wildman–Crippen MR) is 145 cm³/mol. The van der Waals surface area contributed by atoms with Crippen LogP contribution in [0.4, 0.5) is 0 Å². The van der Waals surface area contributed by atoms with Crippen molar-refractivity contribution in [1.29, 1.82) is 0 Å². The SMILES string of the molecule is CCOC(=O)C1=C(N2CCN(C(=O)c3cccs3)CC2)C2CCCCC2N(Cc2ccc(OC)cc2)C1=O. The first-order valence-electron chi connectivity index (χ1n) is 13.4. The number of piperazine rings is 1. The minimum atomic E-state index is -0.548. The Morgan fingerprint density at radius 3 is 2.42 bits per heavy atom. The van der Waals surface area contributed by atoms with Gasteiger partial charge < -0.3 is 24.2 Å². The van der Waals surface area contributed by atoms with E-state index in [1.807, 2.05) is 51.6 Å². The van der Waals surface area contributed by atoms with E-state index in [4.69, 9.17) is 9.47 Å². The quantitative estimate of drug-likeness (QED) is 0.393. The Kier molecular flexibility index (Phi) is 8.02. The van der Waals surface area contributed by atoms with Gasteiger partial charge in [-0.05, 0) is 48.9 Å². The van der Waals surface area contributed by atoms with E-state index in [2.05, 4.69) is 4.90 Å². The number of carbonyl (C=O) groups excluding carboxylic acids is 3. The summed E-state index contributed by atoms with van der Waals surface area (Å²) in [7, 11) is 1.63. The lowest BCUT2D eigenvalue weighted by Gasteiger charge is -2.49. The number of methoxy groups -OCH3 is 1. The molecular formula is C29H35N3O5S. The average Bonchev–Trinajstić information content (AvgIpc) is 3.49. The van der Waals surface area contributed by atoms with Gasteiger partial charge in [0.1, 0.15) is 11.3 Å². The van der Waals surface area contributed by atoms with Gasteiger partial charge in [0, 0.05) is 50.4 Å². The molecule has 0 bridgehead atoms. The highest BCUT2D eigenvalue weighted by Crippen LogP contribution is 2.42. The van der Waals surface area contributed by atoms with Crippen molar-refractivity contribution >= 4 is 29.1 Å². The first-order chi connectivity index (χ1) is 18.5. The van der Waals surface area contributed by atoms with Crippen LogP contribution in [0.5, 0.6) is 5.75 Å². The molecule has 2 aliphatic heterocycles. The van der Waals surface area contributed by atoms with E-state index >= 15 is 0 Å². The van der Waals surface area contributed by atoms with Crippen LogP contribution in [0.25, 0.3) is 0 Å². The summed E-state index contributed by atoms with van der Waals surface area (Å²) in [4.78, 5) is 46.9. The van der Waals surface area contributed by atoms with Gasteiger partial charge in [0.05, 0.1) is 18.6 Å². The molecule has 2 amide bonds. The number of ether oxygens (including phenoxy) is 2. The molecule has 38 heavy (non-hydrogen) atoms. The second-order valence-electron chi connectivity index (χ2n) is 9.98. The van der Waals surface area contributed by atoms with Crippen molar-refractivity contribution < 1.29 is 23.9 Å². The van der Waals surface area contributed by atoms with Gasteiger partial charge in [-0.3, -0.25) is 9.59 Å². The molecule has 9 heteroatoms. The molecule has 1 saturated carbocycles. The van der Waals surface area contributed by atoms with Gasteiger partial charge in [-0.15, -0.1) is 11.3 Å². The number of hydrogen-bond acceptors (Lipinski definition) is 7. The van der Waals surface area contributed by atoms with Gasteiger partial charge >= 0.3 is 5.97 Å². The van der Waals surface area contributed by atoms with Crippen molar-refractivity contribution in [3.8, 4) is 5.75 Å². The molecule has 1 saturated heterocycles. The number of carbonyl (C=O) groups is 3. The molecule has 202 valence electrons. The largest absolute Gasteiger partial charge is 0.497 e. The molecule has 3 heterocycles. The molecule has 5 rings (SSSR count). The van der Waals surface area contributed by atoms with E-state index in [0.29, 0.717) is 32.7 Å². The predicted octanol–water partition coefficient (Wildman–Crippen LogP) is 3.93. The first-order valence-corrected chi connectivity index (χ1v) is 14.3. The van der Waals surface area contributed by atoms with Crippen LogP contribution in [0.15, 0.2) is 53.0 Å². The van der Waals surface area contributed by atoms with Gasteiger partial charge in [0.2, 0.25) is 0 Å². The van der Waals surface area contributed by atoms with Gasteiger partial charge in [-0.2, -0.15) is 0 Å². The van der Waals surface area contributed by atoms with Crippen LogP contribution in [0.2, 0.25) is 0 Å². The van der Waals surface area contributed by atoms with E-state index in [1.54, 1.807) is 14.0 Å². The molecule has 1 aliphatic carbocycles. The Hall–Kier alpha value is -3.33. The standard InChI is InChI=1S/C29H35N3O5S/c1-3-37-29(35)25-26(30-14-16-31(17-15-30)27(33)24-9-6-18-38-24)22-7-4-5-8-23(22)32(28(25)34)19-20-10-12-21(36-2)13-11-20/h6,9-13,18,22-23H,3-5,7-8,14-17,19H2,1-2H3. The molecule has 0 spiro atoms. The third-order valence-electron chi connectivity index (χ3n) is 7.84. The molecule has 1 aromatic heterocycles. The molecular weight excluding hydrogens is 502 g/mol. The summed E-state index contributed by atoms with van der Waals surface area (Å²) in [6, 6.07) is 11.5. The summed E-state index contributed by atoms with van der Waals surface area (Å²) in [5.41, 5.74) is 1.99. The lowest BCUT2D eigenvalue weighted by molar-refractivity contribution is -0.145. The topological polar surface area (TPSA) is 79.4 Å². The fourth-order valence-electron chi connectivity index (χ4n) is 6.00. The fraction of sp³-hybridized carbons (Fsp3) is 0.483. The van der Waals surface area contributed by atoms with Crippen LogP contribution >= 0.6 is 11.3 Å². The first kappa shape index (κ1) is 26.3. The lowest BCUT2D eigenvalue weighted by atomic mass is 9.76. The minimum Gasteiger partial charge on any atom is -0.497 e. The van der Waals surface area contributed by atoms with Crippen molar-refractivity contribution in [2.75, 3.05) is 39.9 Å². The molecule has 2 atom stereocenters. The van der Waals surface area contributed by atoms with Crippen molar-refractivity contribution in [3.05, 3.63) is 63.5 Å². The van der Waals surface area contributed by atoms with E-state index in [0.717, 1.165) is 47.6 Å². The molecule has 3 aliphatic rings. The summed E-state index contributed by atoms with van der Waals surface area (Å²) >= 11 is 1.45. The van der Waals surface area contributed by atoms with Crippen LogP contribution in [-0.4, -0.2) is 78.4 Å². The molecule has 2 fully saturated rings. The number of thiophene rings is 1. The number of rotatable bonds is 7. The average molecular weight is 538 g/mol. The fourth-order valence-corrected chi connectivity index (χ4v) is 6.69. The number of benzene rings is 1. The summed E-state index contributed by atoms with van der Waals surface area (Å²) in [5.74, 6) is 0.0713. The summed E-state index contributed by atoms with van der Waals surface area (Å²) < 4.78 is 10.7. The van der Waals surface area contributed by atoms with Crippen LogP contribution in [0.1, 0.15) is 47.8 Å². The van der Waals surface area contributed by atoms with Crippen molar-refractivity contribution in [3.63, 3.8) is 0 Å². The third-order valence-corrected chi connectivity index (χ3v) is 8.70. The second-order valence-corrected chi connectivity index (χ2v) is 10.9. The van der Waals surface area contributed by atoms with Crippen LogP contribution < -0.4 is 4.74 Å². The van der Waals surface area contributed by atoms with E-state index in [9.17, 15) is 14.4 Å². The van der Waals surface area contributed by atoms with Crippen molar-refractivity contribution in [2.45, 2.75) is 45.2 Å². The van der Waals surface area contributed by atoms with Crippen LogP contribution in [0, 0.1) is 5.92 Å². The van der Waals surface area contributed by atoms with E-state index in [1.165, 1.54) is 11.3 Å². The Morgan fingerprint density at radius 2 is 1.76 bits per heavy atom. The Balaban J connectivity index is 1.44. The zero-order valence-electron chi connectivity index (χ0n) is 22.1. The van der Waals surface area contributed by atoms with Crippen LogP contribution in [0.3, 0.4) is 0 Å². The maximum atomic E-state index is 14.1. The minimum absolute atomic E-state index is 0.0253. The lowest BCUT2D eigenvalue weighted by Crippen LogP contribution is -2.57. The number of fused-ring (bicyclic) bond motifs is 1. The summed E-state index contributed by atoms with van der Waals surface area (Å²) in [6.07, 6.45) is 3.94. The van der Waals surface area contributed by atoms with Gasteiger partial charge in [0.15, 0.2) is 0 Å². The zero-order chi connectivity index (χ0) is 26.6. The molecule has 2 aromatic rings. The molecule has 1 aromatic carbocycles. The molecule has 0 N–H and O–H groups in total. The maximum Gasteiger partial charge on any atom is 0.345 e. The van der Waals surface area contributed by atoms with Crippen molar-refractivity contribution in [1.82, 2.24) is 14.7 Å². The highest BCUT2D eigenvalue weighted by molar-refractivity contribution is 7.12. The van der Waals surface area contributed by atoms with Crippen molar-refractivity contribution in [2.24, 2.45) is 5.92 Å². The number of hydrogen-bond donors (Lipinski definition) is 0. The Bertz CT molecular complexity index is 1190. The van der Waals surface area contributed by atoms with Gasteiger partial charge in [0.25, 0.3) is 11.8 Å². The summed E-state index contributed by atoms with van der Waals surface area (Å²) in [5, 5.41) is 1.91. The van der Waals surface area contributed by atoms with E-state index in [-0.39, 0.29) is 36.0 Å². The molecule has 0 radical (unpaired) electrons. The van der Waals surface area contributed by atoms with Gasteiger partial charge in [-0.1, -0.05) is 31.0 Å². The maximum absolute atomic E-state index is 14.1. The second kappa shape index (κ2) is 11.6. The van der Waals surface area contributed by atoms with Gasteiger partial charge in [-0.25, -0.2) is 4.79 Å². The zero-order valence-corrected chi connectivity index (χ0v) is 22.9. The number of amides is 2. The number of nitrogens with zero attached hydrogens (tertiary/aromatic N) is 3. The Labute approximate surface area is 227 Å². The van der Waals surface area contributed by atoms with Crippen LogP contribution in [-0.2, 0) is 20.9 Å². The Morgan fingerprint density at radius 1 is 1.03 bits per heavy atom. The highest BCUT2D eigenvalue weighted by Gasteiger charge is 2.47. The molecule has 8 nitrogen and oxygen atoms in total. The summed E-state index contributed by atoms with van der Waals surface area (Å²) in [6.45, 7) is 4.68. The third kappa shape index (κ3) is 5.16. The normalized spacial score (nSPS) is 21.8. The smallest absolute Gasteiger partial charge is 0.345 e. The number of esters is 1. The monoisotopic (exact) mass is 537 g/mol. The highest BCUT2D eigenvalue weighted by atomic mass is 32.1. The molecule has 2 unspecified atom stereocenters. The van der Waals surface area contributed by atoms with E-state index < -0.39 is 5.97 Å².